The van der Waals surface area contributed by atoms with Crippen LogP contribution in [0.25, 0.3) is 16.9 Å². The Morgan fingerprint density at radius 2 is 1.94 bits per heavy atom. The van der Waals surface area contributed by atoms with E-state index in [1.807, 2.05) is 18.2 Å². The van der Waals surface area contributed by atoms with Gasteiger partial charge in [0.05, 0.1) is 11.9 Å². The first kappa shape index (κ1) is 10.3. The summed E-state index contributed by atoms with van der Waals surface area (Å²) in [6.45, 7) is 0. The number of fused-ring (bicyclic) bond motifs is 1. The van der Waals surface area contributed by atoms with Crippen molar-refractivity contribution in [1.82, 2.24) is 9.38 Å². The van der Waals surface area contributed by atoms with Crippen molar-refractivity contribution in [2.75, 3.05) is 0 Å². The molecule has 0 radical (unpaired) electrons. The summed E-state index contributed by atoms with van der Waals surface area (Å²) >= 11 is 6.12. The van der Waals surface area contributed by atoms with Gasteiger partial charge in [-0.05, 0) is 24.3 Å². The number of halogens is 2. The third kappa shape index (κ3) is 1.68. The molecule has 0 fully saturated rings. The number of benzene rings is 1. The van der Waals surface area contributed by atoms with Crippen LogP contribution in [0, 0.1) is 5.82 Å². The van der Waals surface area contributed by atoms with Gasteiger partial charge in [0.25, 0.3) is 0 Å². The summed E-state index contributed by atoms with van der Waals surface area (Å²) in [5, 5.41) is 0.555. The lowest BCUT2D eigenvalue weighted by molar-refractivity contribution is 0.628. The van der Waals surface area contributed by atoms with E-state index in [-0.39, 0.29) is 5.82 Å². The molecule has 0 aliphatic heterocycles. The van der Waals surface area contributed by atoms with Crippen molar-refractivity contribution < 1.29 is 4.39 Å². The highest BCUT2D eigenvalue weighted by Gasteiger charge is 2.08. The minimum absolute atomic E-state index is 0.274. The number of hydrogen-bond acceptors (Lipinski definition) is 1. The first-order chi connectivity index (χ1) is 8.25. The molecule has 0 bridgehead atoms. The maximum atomic E-state index is 13.2. The van der Waals surface area contributed by atoms with Crippen LogP contribution in [0.15, 0.2) is 48.7 Å². The fourth-order valence-corrected chi connectivity index (χ4v) is 2.10. The third-order valence-corrected chi connectivity index (χ3v) is 2.90. The minimum atomic E-state index is -0.274. The van der Waals surface area contributed by atoms with Gasteiger partial charge in [-0.3, -0.25) is 4.40 Å². The summed E-state index contributed by atoms with van der Waals surface area (Å²) in [6, 6.07) is 11.8. The molecular weight excluding hydrogens is 239 g/mol. The molecule has 0 unspecified atom stereocenters. The average molecular weight is 247 g/mol. The van der Waals surface area contributed by atoms with Gasteiger partial charge in [0.2, 0.25) is 0 Å². The highest BCUT2D eigenvalue weighted by molar-refractivity contribution is 6.29. The van der Waals surface area contributed by atoms with Crippen molar-refractivity contribution in [3.8, 4) is 11.3 Å². The Kier molecular flexibility index (Phi) is 2.34. The Labute approximate surface area is 102 Å². The SMILES string of the molecule is Fc1cccc(-c2cnc3cccc(Cl)n23)c1. The molecule has 1 aromatic carbocycles. The highest BCUT2D eigenvalue weighted by atomic mass is 35.5. The van der Waals surface area contributed by atoms with Crippen LogP contribution in [0.3, 0.4) is 0 Å². The second kappa shape index (κ2) is 3.86. The van der Waals surface area contributed by atoms with Crippen LogP contribution >= 0.6 is 11.6 Å². The number of imidazole rings is 1. The summed E-state index contributed by atoms with van der Waals surface area (Å²) in [6.07, 6.45) is 1.69. The minimum Gasteiger partial charge on any atom is -0.283 e. The first-order valence-corrected chi connectivity index (χ1v) is 5.51. The van der Waals surface area contributed by atoms with Crippen LogP contribution in [0.5, 0.6) is 0 Å². The molecule has 0 aliphatic carbocycles. The lowest BCUT2D eigenvalue weighted by atomic mass is 10.1. The van der Waals surface area contributed by atoms with E-state index in [0.29, 0.717) is 5.15 Å². The average Bonchev–Trinajstić information content (AvgIpc) is 2.74. The van der Waals surface area contributed by atoms with Gasteiger partial charge in [-0.25, -0.2) is 9.37 Å². The van der Waals surface area contributed by atoms with Crippen LogP contribution < -0.4 is 0 Å². The molecule has 3 aromatic rings. The molecule has 0 aliphatic rings. The summed E-state index contributed by atoms with van der Waals surface area (Å²) in [4.78, 5) is 4.24. The Hall–Kier alpha value is -1.87. The predicted molar refractivity (Wildman–Crippen MR) is 65.6 cm³/mol. The van der Waals surface area contributed by atoms with Gasteiger partial charge < -0.3 is 0 Å². The normalized spacial score (nSPS) is 10.9. The maximum Gasteiger partial charge on any atom is 0.138 e. The molecule has 3 rings (SSSR count). The molecule has 17 heavy (non-hydrogen) atoms. The largest absolute Gasteiger partial charge is 0.283 e. The summed E-state index contributed by atoms with van der Waals surface area (Å²) < 4.78 is 15.0. The molecule has 2 heterocycles. The van der Waals surface area contributed by atoms with Gasteiger partial charge in [-0.2, -0.15) is 0 Å². The van der Waals surface area contributed by atoms with Crippen molar-refractivity contribution in [2.24, 2.45) is 0 Å². The van der Waals surface area contributed by atoms with Crippen LogP contribution in [0.2, 0.25) is 5.15 Å². The van der Waals surface area contributed by atoms with Crippen LogP contribution in [0.4, 0.5) is 4.39 Å². The first-order valence-electron chi connectivity index (χ1n) is 5.13. The maximum absolute atomic E-state index is 13.2. The fourth-order valence-electron chi connectivity index (χ4n) is 1.85. The van der Waals surface area contributed by atoms with E-state index in [4.69, 9.17) is 11.6 Å². The van der Waals surface area contributed by atoms with E-state index < -0.39 is 0 Å². The Morgan fingerprint density at radius 3 is 2.76 bits per heavy atom. The zero-order valence-electron chi connectivity index (χ0n) is 8.77. The van der Waals surface area contributed by atoms with Gasteiger partial charge in [0.1, 0.15) is 16.6 Å². The topological polar surface area (TPSA) is 17.3 Å². The number of nitrogens with zero attached hydrogens (tertiary/aromatic N) is 2. The molecule has 4 heteroatoms. The third-order valence-electron chi connectivity index (χ3n) is 2.60. The smallest absolute Gasteiger partial charge is 0.138 e. The predicted octanol–water partition coefficient (Wildman–Crippen LogP) is 3.79. The summed E-state index contributed by atoms with van der Waals surface area (Å²) in [7, 11) is 0. The lowest BCUT2D eigenvalue weighted by Gasteiger charge is -2.03. The second-order valence-corrected chi connectivity index (χ2v) is 4.08. The Balaban J connectivity index is 2.31. The fraction of sp³-hybridized carbons (Fsp3) is 0. The van der Waals surface area contributed by atoms with E-state index in [1.54, 1.807) is 22.7 Å². The number of hydrogen-bond donors (Lipinski definition) is 0. The molecule has 0 atom stereocenters. The van der Waals surface area contributed by atoms with Crippen LogP contribution in [-0.2, 0) is 0 Å². The molecule has 2 nitrogen and oxygen atoms in total. The van der Waals surface area contributed by atoms with Gasteiger partial charge >= 0.3 is 0 Å². The van der Waals surface area contributed by atoms with Crippen molar-refractivity contribution in [2.45, 2.75) is 0 Å². The number of aromatic nitrogens is 2. The van der Waals surface area contributed by atoms with E-state index in [2.05, 4.69) is 4.98 Å². The highest BCUT2D eigenvalue weighted by Crippen LogP contribution is 2.24. The van der Waals surface area contributed by atoms with Crippen molar-refractivity contribution in [1.29, 1.82) is 0 Å². The Bertz CT molecular complexity index is 691. The monoisotopic (exact) mass is 246 g/mol. The molecule has 0 saturated heterocycles. The van der Waals surface area contributed by atoms with E-state index in [0.717, 1.165) is 16.9 Å². The molecule has 0 spiro atoms. The van der Waals surface area contributed by atoms with Crippen LogP contribution in [-0.4, -0.2) is 9.38 Å². The summed E-state index contributed by atoms with van der Waals surface area (Å²) in [5.41, 5.74) is 2.28. The number of pyridine rings is 1. The molecular formula is C13H8ClFN2. The molecule has 2 aromatic heterocycles. The van der Waals surface area contributed by atoms with Gasteiger partial charge in [0.15, 0.2) is 0 Å². The molecule has 0 N–H and O–H groups in total. The zero-order valence-corrected chi connectivity index (χ0v) is 9.53. The quantitative estimate of drug-likeness (QED) is 0.597. The van der Waals surface area contributed by atoms with E-state index >= 15 is 0 Å². The molecule has 0 saturated carbocycles. The van der Waals surface area contributed by atoms with E-state index in [9.17, 15) is 4.39 Å². The lowest BCUT2D eigenvalue weighted by Crippen LogP contribution is -1.90. The second-order valence-electron chi connectivity index (χ2n) is 3.70. The van der Waals surface area contributed by atoms with Gasteiger partial charge in [-0.1, -0.05) is 29.8 Å². The zero-order chi connectivity index (χ0) is 11.8. The van der Waals surface area contributed by atoms with E-state index in [1.165, 1.54) is 12.1 Å². The van der Waals surface area contributed by atoms with Crippen molar-refractivity contribution >= 4 is 17.2 Å². The van der Waals surface area contributed by atoms with Crippen molar-refractivity contribution in [3.05, 3.63) is 59.6 Å². The number of rotatable bonds is 1. The van der Waals surface area contributed by atoms with Crippen molar-refractivity contribution in [3.63, 3.8) is 0 Å². The van der Waals surface area contributed by atoms with Crippen LogP contribution in [0.1, 0.15) is 0 Å². The molecule has 84 valence electrons. The van der Waals surface area contributed by atoms with Gasteiger partial charge in [0, 0.05) is 5.56 Å². The standard InChI is InChI=1S/C13H8ClFN2/c14-12-5-2-6-13-16-8-11(17(12)13)9-3-1-4-10(15)7-9/h1-8H. The summed E-state index contributed by atoms with van der Waals surface area (Å²) in [5.74, 6) is -0.274. The van der Waals surface area contributed by atoms with Gasteiger partial charge in [-0.15, -0.1) is 0 Å². The Morgan fingerprint density at radius 1 is 1.12 bits per heavy atom. The molecule has 0 amide bonds.